The minimum absolute atomic E-state index is 0.0696. The molecule has 2 atom stereocenters. The Morgan fingerprint density at radius 3 is 2.42 bits per heavy atom. The van der Waals surface area contributed by atoms with E-state index in [0.717, 1.165) is 0 Å². The number of ketones is 1. The Bertz CT molecular complexity index is 796. The van der Waals surface area contributed by atoms with Gasteiger partial charge in [0.05, 0.1) is 10.6 Å². The molecule has 1 amide bonds. The monoisotopic (exact) mass is 376 g/mol. The van der Waals surface area contributed by atoms with E-state index in [2.05, 4.69) is 5.32 Å². The van der Waals surface area contributed by atoms with Crippen LogP contribution in [0.2, 0.25) is 5.02 Å². The Morgan fingerprint density at radius 2 is 1.85 bits per heavy atom. The van der Waals surface area contributed by atoms with E-state index in [9.17, 15) is 9.59 Å². The van der Waals surface area contributed by atoms with E-state index >= 15 is 4.39 Å². The summed E-state index contributed by atoms with van der Waals surface area (Å²) in [6.07, 6.45) is 0.710. The van der Waals surface area contributed by atoms with Crippen LogP contribution in [-0.4, -0.2) is 17.7 Å². The maximum atomic E-state index is 15.2. The van der Waals surface area contributed by atoms with E-state index in [0.29, 0.717) is 17.5 Å². The summed E-state index contributed by atoms with van der Waals surface area (Å²) in [5, 5.41) is 3.25. The van der Waals surface area contributed by atoms with Gasteiger partial charge in [-0.25, -0.2) is 4.39 Å². The highest BCUT2D eigenvalue weighted by Crippen LogP contribution is 2.30. The molecule has 0 fully saturated rings. The van der Waals surface area contributed by atoms with Gasteiger partial charge in [0.25, 0.3) is 0 Å². The minimum atomic E-state index is -0.642. The molecule has 138 valence electrons. The summed E-state index contributed by atoms with van der Waals surface area (Å²) >= 11 is 6.13. The largest absolute Gasteiger partial charge is 0.370 e. The number of nitrogens with two attached hydrogens (primary N) is 1. The van der Waals surface area contributed by atoms with Gasteiger partial charge in [-0.2, -0.15) is 0 Å². The first-order chi connectivity index (χ1) is 12.3. The minimum Gasteiger partial charge on any atom is -0.370 e. The number of rotatable bonds is 8. The van der Waals surface area contributed by atoms with Crippen molar-refractivity contribution in [2.45, 2.75) is 38.8 Å². The summed E-state index contributed by atoms with van der Waals surface area (Å²) in [6.45, 7) is 3.69. The third-order valence-electron chi connectivity index (χ3n) is 4.16. The van der Waals surface area contributed by atoms with Gasteiger partial charge in [0.15, 0.2) is 5.78 Å². The highest BCUT2D eigenvalue weighted by atomic mass is 35.5. The summed E-state index contributed by atoms with van der Waals surface area (Å²) in [7, 11) is 0. The molecular formula is C20H22ClFN2O2. The molecule has 0 bridgehead atoms. The molecule has 2 aromatic rings. The molecule has 0 saturated carbocycles. The maximum Gasteiger partial charge on any atom is 0.218 e. The zero-order chi connectivity index (χ0) is 19.3. The molecule has 0 aliphatic heterocycles. The predicted molar refractivity (Wildman–Crippen MR) is 101 cm³/mol. The number of amides is 1. The van der Waals surface area contributed by atoms with Crippen molar-refractivity contribution in [3.8, 4) is 0 Å². The van der Waals surface area contributed by atoms with Gasteiger partial charge in [-0.15, -0.1) is 0 Å². The molecule has 6 heteroatoms. The smallest absolute Gasteiger partial charge is 0.218 e. The van der Waals surface area contributed by atoms with E-state index in [1.54, 1.807) is 43.3 Å². The number of benzene rings is 2. The van der Waals surface area contributed by atoms with Gasteiger partial charge < -0.3 is 11.1 Å². The number of primary amides is 1. The molecule has 0 aliphatic carbocycles. The van der Waals surface area contributed by atoms with Crippen LogP contribution in [-0.2, 0) is 4.79 Å². The number of nitrogens with one attached hydrogen (secondary N) is 1. The highest BCUT2D eigenvalue weighted by Gasteiger charge is 2.24. The van der Waals surface area contributed by atoms with Crippen molar-refractivity contribution in [3.05, 3.63) is 70.0 Å². The van der Waals surface area contributed by atoms with Crippen LogP contribution in [0.15, 0.2) is 42.5 Å². The molecule has 0 aromatic heterocycles. The van der Waals surface area contributed by atoms with Crippen molar-refractivity contribution in [1.82, 2.24) is 5.32 Å². The molecule has 2 aromatic carbocycles. The summed E-state index contributed by atoms with van der Waals surface area (Å²) in [5.74, 6) is -1.54. The lowest BCUT2D eigenvalue weighted by molar-refractivity contribution is -0.118. The lowest BCUT2D eigenvalue weighted by Crippen LogP contribution is -2.34. The van der Waals surface area contributed by atoms with Crippen LogP contribution in [0, 0.1) is 5.82 Å². The SMILES string of the molecule is CC[C@@H](N[C@@H](C)CC(N)=O)c1ccc(Cl)c(C(=O)c2ccccc2)c1F. The molecule has 26 heavy (non-hydrogen) atoms. The number of carbonyl (C=O) groups is 2. The first-order valence-corrected chi connectivity index (χ1v) is 8.84. The van der Waals surface area contributed by atoms with Crippen LogP contribution in [0.1, 0.15) is 54.2 Å². The molecule has 3 N–H and O–H groups in total. The molecule has 0 radical (unpaired) electrons. The predicted octanol–water partition coefficient (Wildman–Crippen LogP) is 4.01. The Morgan fingerprint density at radius 1 is 1.19 bits per heavy atom. The van der Waals surface area contributed by atoms with Crippen molar-refractivity contribution in [2.24, 2.45) is 5.73 Å². The molecular weight excluding hydrogens is 355 g/mol. The standard InChI is InChI=1S/C20H22ClFN2O2/c1-3-16(24-12(2)11-17(23)25)14-9-10-15(21)18(19(14)22)20(26)13-7-5-4-6-8-13/h4-10,12,16,24H,3,11H2,1-2H3,(H2,23,25)/t12-,16+/m0/s1. The van der Waals surface area contributed by atoms with Gasteiger partial charge in [-0.1, -0.05) is 54.9 Å². The average Bonchev–Trinajstić information content (AvgIpc) is 2.60. The molecule has 4 nitrogen and oxygen atoms in total. The molecule has 0 unspecified atom stereocenters. The highest BCUT2D eigenvalue weighted by molar-refractivity contribution is 6.35. The molecule has 0 spiro atoms. The van der Waals surface area contributed by atoms with Gasteiger partial charge in [0, 0.05) is 29.6 Å². The average molecular weight is 377 g/mol. The Balaban J connectivity index is 2.38. The second-order valence-electron chi connectivity index (χ2n) is 6.22. The van der Waals surface area contributed by atoms with Crippen LogP contribution in [0.4, 0.5) is 4.39 Å². The lowest BCUT2D eigenvalue weighted by atomic mass is 9.95. The van der Waals surface area contributed by atoms with Gasteiger partial charge in [0.2, 0.25) is 5.91 Å². The second kappa shape index (κ2) is 8.92. The molecule has 0 aliphatic rings. The molecule has 2 rings (SSSR count). The van der Waals surface area contributed by atoms with E-state index < -0.39 is 17.5 Å². The Labute approximate surface area is 157 Å². The quantitative estimate of drug-likeness (QED) is 0.683. The number of hydrogen-bond donors (Lipinski definition) is 2. The summed E-state index contributed by atoms with van der Waals surface area (Å²) in [6, 6.07) is 10.9. The zero-order valence-corrected chi connectivity index (χ0v) is 15.5. The van der Waals surface area contributed by atoms with Crippen LogP contribution in [0.5, 0.6) is 0 Å². The van der Waals surface area contributed by atoms with Crippen LogP contribution in [0.25, 0.3) is 0 Å². The number of hydrogen-bond acceptors (Lipinski definition) is 3. The maximum absolute atomic E-state index is 15.2. The fourth-order valence-corrected chi connectivity index (χ4v) is 3.14. The second-order valence-corrected chi connectivity index (χ2v) is 6.63. The lowest BCUT2D eigenvalue weighted by Gasteiger charge is -2.23. The van der Waals surface area contributed by atoms with Crippen molar-refractivity contribution >= 4 is 23.3 Å². The Hall–Kier alpha value is -2.24. The van der Waals surface area contributed by atoms with Crippen molar-refractivity contribution in [1.29, 1.82) is 0 Å². The number of halogens is 2. The van der Waals surface area contributed by atoms with E-state index in [4.69, 9.17) is 17.3 Å². The fraction of sp³-hybridized carbons (Fsp3) is 0.300. The van der Waals surface area contributed by atoms with Crippen LogP contribution >= 0.6 is 11.6 Å². The van der Waals surface area contributed by atoms with Gasteiger partial charge >= 0.3 is 0 Å². The van der Waals surface area contributed by atoms with Gasteiger partial charge in [-0.3, -0.25) is 9.59 Å². The van der Waals surface area contributed by atoms with Crippen molar-refractivity contribution in [3.63, 3.8) is 0 Å². The first-order valence-electron chi connectivity index (χ1n) is 8.47. The normalized spacial score (nSPS) is 13.2. The molecule has 0 heterocycles. The topological polar surface area (TPSA) is 72.2 Å². The third kappa shape index (κ3) is 4.68. The summed E-state index contributed by atoms with van der Waals surface area (Å²) in [4.78, 5) is 23.8. The zero-order valence-electron chi connectivity index (χ0n) is 14.8. The van der Waals surface area contributed by atoms with E-state index in [1.807, 2.05) is 6.92 Å². The Kier molecular flexibility index (Phi) is 6.89. The van der Waals surface area contributed by atoms with Crippen molar-refractivity contribution in [2.75, 3.05) is 0 Å². The molecule has 0 saturated heterocycles. The third-order valence-corrected chi connectivity index (χ3v) is 4.48. The fourth-order valence-electron chi connectivity index (χ4n) is 2.91. The van der Waals surface area contributed by atoms with Crippen LogP contribution < -0.4 is 11.1 Å². The first kappa shape index (κ1) is 20.1. The van der Waals surface area contributed by atoms with Crippen molar-refractivity contribution < 1.29 is 14.0 Å². The van der Waals surface area contributed by atoms with Crippen LogP contribution in [0.3, 0.4) is 0 Å². The van der Waals surface area contributed by atoms with E-state index in [1.165, 1.54) is 6.07 Å². The van der Waals surface area contributed by atoms with Gasteiger partial charge in [0.1, 0.15) is 5.82 Å². The summed E-state index contributed by atoms with van der Waals surface area (Å²) in [5.41, 5.74) is 5.78. The summed E-state index contributed by atoms with van der Waals surface area (Å²) < 4.78 is 15.2. The van der Waals surface area contributed by atoms with Gasteiger partial charge in [-0.05, 0) is 19.4 Å². The number of carbonyl (C=O) groups excluding carboxylic acids is 2. The van der Waals surface area contributed by atoms with E-state index in [-0.39, 0.29) is 29.1 Å².